The smallest absolute Gasteiger partial charge is 0.00836 e. The second kappa shape index (κ2) is 5.50. The molecular formula is C17H31N. The molecule has 0 saturated heterocycles. The Bertz CT molecular complexity index is 339. The fraction of sp³-hybridized carbons (Fsp3) is 0.765. The van der Waals surface area contributed by atoms with Crippen molar-refractivity contribution in [2.45, 2.75) is 67.2 Å². The van der Waals surface area contributed by atoms with Gasteiger partial charge in [-0.1, -0.05) is 59.6 Å². The lowest BCUT2D eigenvalue weighted by Gasteiger charge is -2.40. The summed E-state index contributed by atoms with van der Waals surface area (Å²) in [4.78, 5) is 0. The van der Waals surface area contributed by atoms with Crippen LogP contribution in [0.1, 0.15) is 67.2 Å². The first kappa shape index (κ1) is 15.3. The van der Waals surface area contributed by atoms with Crippen molar-refractivity contribution in [2.24, 2.45) is 22.5 Å². The maximum absolute atomic E-state index is 5.88. The third-order valence-electron chi connectivity index (χ3n) is 4.33. The van der Waals surface area contributed by atoms with E-state index < -0.39 is 0 Å². The second-order valence-electron chi connectivity index (χ2n) is 7.64. The van der Waals surface area contributed by atoms with Gasteiger partial charge < -0.3 is 5.73 Å². The van der Waals surface area contributed by atoms with Crippen molar-refractivity contribution in [2.75, 3.05) is 0 Å². The van der Waals surface area contributed by atoms with Crippen LogP contribution in [0.5, 0.6) is 0 Å². The Morgan fingerprint density at radius 1 is 1.11 bits per heavy atom. The highest BCUT2D eigenvalue weighted by atomic mass is 14.6. The lowest BCUT2D eigenvalue weighted by Crippen LogP contribution is -2.30. The zero-order valence-corrected chi connectivity index (χ0v) is 13.1. The fourth-order valence-electron chi connectivity index (χ4n) is 2.73. The SMILES string of the molecule is CCC(C)(C)C(CC(C)(C)C)C1=CC=C(N)CC1. The number of allylic oxidation sites excluding steroid dienone is 4. The van der Waals surface area contributed by atoms with Gasteiger partial charge in [0, 0.05) is 5.70 Å². The first-order chi connectivity index (χ1) is 8.15. The minimum absolute atomic E-state index is 0.374. The van der Waals surface area contributed by atoms with Crippen LogP contribution in [-0.2, 0) is 0 Å². The second-order valence-corrected chi connectivity index (χ2v) is 7.64. The Morgan fingerprint density at radius 2 is 1.72 bits per heavy atom. The molecular weight excluding hydrogens is 218 g/mol. The van der Waals surface area contributed by atoms with Gasteiger partial charge >= 0.3 is 0 Å². The minimum Gasteiger partial charge on any atom is -0.402 e. The Labute approximate surface area is 114 Å². The van der Waals surface area contributed by atoms with Crippen LogP contribution in [0.3, 0.4) is 0 Å². The summed E-state index contributed by atoms with van der Waals surface area (Å²) in [5.41, 5.74) is 9.27. The van der Waals surface area contributed by atoms with Gasteiger partial charge in [-0.2, -0.15) is 0 Å². The largest absolute Gasteiger partial charge is 0.402 e. The van der Waals surface area contributed by atoms with Crippen molar-refractivity contribution in [3.05, 3.63) is 23.4 Å². The van der Waals surface area contributed by atoms with Gasteiger partial charge in [0.25, 0.3) is 0 Å². The topological polar surface area (TPSA) is 26.0 Å². The molecule has 1 rings (SSSR count). The Balaban J connectivity index is 2.98. The maximum atomic E-state index is 5.88. The van der Waals surface area contributed by atoms with E-state index >= 15 is 0 Å². The Hall–Kier alpha value is -0.720. The van der Waals surface area contributed by atoms with Crippen molar-refractivity contribution < 1.29 is 0 Å². The Morgan fingerprint density at radius 3 is 2.11 bits per heavy atom. The molecule has 2 N–H and O–H groups in total. The van der Waals surface area contributed by atoms with E-state index in [2.05, 4.69) is 53.7 Å². The summed E-state index contributed by atoms with van der Waals surface area (Å²) >= 11 is 0. The normalized spacial score (nSPS) is 19.2. The number of hydrogen-bond acceptors (Lipinski definition) is 1. The van der Waals surface area contributed by atoms with Crippen molar-refractivity contribution in [3.8, 4) is 0 Å². The van der Waals surface area contributed by atoms with Crippen LogP contribution in [0.25, 0.3) is 0 Å². The molecule has 0 spiro atoms. The standard InChI is InChI=1S/C17H31N/c1-7-17(5,6)15(12-16(2,3)4)13-8-10-14(18)11-9-13/h8,10,15H,7,9,11-12,18H2,1-6H3. The molecule has 18 heavy (non-hydrogen) atoms. The molecule has 0 radical (unpaired) electrons. The summed E-state index contributed by atoms with van der Waals surface area (Å²) in [7, 11) is 0. The fourth-order valence-corrected chi connectivity index (χ4v) is 2.73. The molecule has 0 bridgehead atoms. The third kappa shape index (κ3) is 4.19. The van der Waals surface area contributed by atoms with Crippen molar-refractivity contribution in [3.63, 3.8) is 0 Å². The van der Waals surface area contributed by atoms with Crippen molar-refractivity contribution in [1.29, 1.82) is 0 Å². The van der Waals surface area contributed by atoms with E-state index in [4.69, 9.17) is 5.73 Å². The van der Waals surface area contributed by atoms with Crippen molar-refractivity contribution in [1.82, 2.24) is 0 Å². The zero-order valence-electron chi connectivity index (χ0n) is 13.1. The molecule has 0 aromatic carbocycles. The molecule has 0 saturated carbocycles. The molecule has 0 amide bonds. The van der Waals surface area contributed by atoms with Gasteiger partial charge in [0.1, 0.15) is 0 Å². The minimum atomic E-state index is 0.374. The summed E-state index contributed by atoms with van der Waals surface area (Å²) < 4.78 is 0. The first-order valence-corrected chi connectivity index (χ1v) is 7.31. The quantitative estimate of drug-likeness (QED) is 0.742. The third-order valence-corrected chi connectivity index (χ3v) is 4.33. The number of hydrogen-bond donors (Lipinski definition) is 1. The van der Waals surface area contributed by atoms with Gasteiger partial charge in [0.15, 0.2) is 0 Å². The molecule has 0 heterocycles. The maximum Gasteiger partial charge on any atom is 0.00836 e. The predicted octanol–water partition coefficient (Wildman–Crippen LogP) is 5.04. The molecule has 1 nitrogen and oxygen atoms in total. The average molecular weight is 249 g/mol. The summed E-state index contributed by atoms with van der Waals surface area (Å²) in [6.07, 6.45) is 9.06. The molecule has 1 aliphatic carbocycles. The van der Waals surface area contributed by atoms with E-state index in [0.717, 1.165) is 18.5 Å². The van der Waals surface area contributed by atoms with Crippen LogP contribution in [0.2, 0.25) is 0 Å². The number of nitrogens with two attached hydrogens (primary N) is 1. The number of rotatable bonds is 4. The van der Waals surface area contributed by atoms with Gasteiger partial charge in [-0.15, -0.1) is 0 Å². The molecule has 104 valence electrons. The molecule has 1 unspecified atom stereocenters. The van der Waals surface area contributed by atoms with Crippen LogP contribution in [0.15, 0.2) is 23.4 Å². The lowest BCUT2D eigenvalue weighted by molar-refractivity contribution is 0.168. The monoisotopic (exact) mass is 249 g/mol. The molecule has 0 aromatic heterocycles. The van der Waals surface area contributed by atoms with Crippen LogP contribution in [0.4, 0.5) is 0 Å². The zero-order chi connectivity index (χ0) is 14.0. The van der Waals surface area contributed by atoms with E-state index in [-0.39, 0.29) is 0 Å². The van der Waals surface area contributed by atoms with Gasteiger partial charge in [-0.25, -0.2) is 0 Å². The van der Waals surface area contributed by atoms with E-state index in [1.807, 2.05) is 0 Å². The molecule has 0 aliphatic heterocycles. The van der Waals surface area contributed by atoms with Crippen LogP contribution < -0.4 is 5.73 Å². The highest BCUT2D eigenvalue weighted by Gasteiger charge is 2.33. The van der Waals surface area contributed by atoms with Gasteiger partial charge in [0.05, 0.1) is 0 Å². The van der Waals surface area contributed by atoms with Crippen LogP contribution in [-0.4, -0.2) is 0 Å². The highest BCUT2D eigenvalue weighted by molar-refractivity contribution is 5.25. The molecule has 1 heteroatoms. The molecule has 1 atom stereocenters. The van der Waals surface area contributed by atoms with E-state index in [1.54, 1.807) is 5.57 Å². The van der Waals surface area contributed by atoms with Gasteiger partial charge in [-0.05, 0) is 42.1 Å². The highest BCUT2D eigenvalue weighted by Crippen LogP contribution is 2.44. The van der Waals surface area contributed by atoms with E-state index in [0.29, 0.717) is 16.7 Å². The molecule has 1 aliphatic rings. The first-order valence-electron chi connectivity index (χ1n) is 7.31. The van der Waals surface area contributed by atoms with E-state index in [9.17, 15) is 0 Å². The lowest BCUT2D eigenvalue weighted by atomic mass is 9.65. The summed E-state index contributed by atoms with van der Waals surface area (Å²) in [5.74, 6) is 0.673. The van der Waals surface area contributed by atoms with Crippen molar-refractivity contribution >= 4 is 0 Å². The summed E-state index contributed by atoms with van der Waals surface area (Å²) in [6.45, 7) is 14.2. The molecule has 0 fully saturated rings. The van der Waals surface area contributed by atoms with Gasteiger partial charge in [0.2, 0.25) is 0 Å². The van der Waals surface area contributed by atoms with Crippen LogP contribution in [0, 0.1) is 16.7 Å². The van der Waals surface area contributed by atoms with Crippen LogP contribution >= 0.6 is 0 Å². The Kier molecular flexibility index (Phi) is 4.69. The summed E-state index contributed by atoms with van der Waals surface area (Å²) in [6, 6.07) is 0. The molecule has 0 aromatic rings. The van der Waals surface area contributed by atoms with E-state index in [1.165, 1.54) is 12.8 Å². The summed E-state index contributed by atoms with van der Waals surface area (Å²) in [5, 5.41) is 0. The average Bonchev–Trinajstić information content (AvgIpc) is 2.26. The predicted molar refractivity (Wildman–Crippen MR) is 81.2 cm³/mol. The van der Waals surface area contributed by atoms with Gasteiger partial charge in [-0.3, -0.25) is 0 Å².